The van der Waals surface area contributed by atoms with Crippen LogP contribution in [0.25, 0.3) is 0 Å². The predicted molar refractivity (Wildman–Crippen MR) is 88.8 cm³/mol. The number of hydrogen-bond donors (Lipinski definition) is 0. The Labute approximate surface area is 145 Å². The second-order valence-electron chi connectivity index (χ2n) is 6.75. The zero-order valence-electron chi connectivity index (χ0n) is 16.3. The molecular weight excluding hydrogens is 316 g/mol. The lowest BCUT2D eigenvalue weighted by molar-refractivity contribution is -0.424. The molecule has 0 saturated carbocycles. The van der Waals surface area contributed by atoms with Crippen molar-refractivity contribution >= 4 is 6.16 Å². The van der Waals surface area contributed by atoms with Gasteiger partial charge in [0, 0.05) is 12.8 Å². The van der Waals surface area contributed by atoms with Gasteiger partial charge in [0.2, 0.25) is 12.6 Å². The van der Waals surface area contributed by atoms with Crippen LogP contribution in [0, 0.1) is 0 Å². The fourth-order valence-electron chi connectivity index (χ4n) is 1.07. The third-order valence-electron chi connectivity index (χ3n) is 3.59. The summed E-state index contributed by atoms with van der Waals surface area (Å²) < 4.78 is 10.2. The minimum atomic E-state index is -0.899. The average Bonchev–Trinajstić information content (AvgIpc) is 2.55. The van der Waals surface area contributed by atoms with Crippen LogP contribution in [0.3, 0.4) is 0 Å². The Bertz CT molecular complexity index is 323. The van der Waals surface area contributed by atoms with Crippen LogP contribution in [0.5, 0.6) is 0 Å². The van der Waals surface area contributed by atoms with E-state index in [1.54, 1.807) is 13.8 Å². The van der Waals surface area contributed by atoms with Crippen LogP contribution in [0.2, 0.25) is 0 Å². The van der Waals surface area contributed by atoms with Crippen molar-refractivity contribution in [2.45, 2.75) is 105 Å². The molecular formula is C17H34O7. The zero-order chi connectivity index (χ0) is 18.8. The summed E-state index contributed by atoms with van der Waals surface area (Å²) in [5, 5.41) is 0. The van der Waals surface area contributed by atoms with Gasteiger partial charge >= 0.3 is 6.16 Å². The van der Waals surface area contributed by atoms with Crippen LogP contribution in [0.4, 0.5) is 4.79 Å². The highest BCUT2D eigenvalue weighted by molar-refractivity contribution is 5.60. The molecule has 0 heterocycles. The van der Waals surface area contributed by atoms with E-state index in [9.17, 15) is 4.79 Å². The molecule has 2 atom stereocenters. The number of carbonyl (C=O) groups excluding carboxylic acids is 1. The predicted octanol–water partition coefficient (Wildman–Crippen LogP) is 4.89. The molecule has 0 radical (unpaired) electrons. The van der Waals surface area contributed by atoms with Gasteiger partial charge in [-0.1, -0.05) is 27.7 Å². The fourth-order valence-corrected chi connectivity index (χ4v) is 1.07. The van der Waals surface area contributed by atoms with Crippen LogP contribution >= 0.6 is 0 Å². The van der Waals surface area contributed by atoms with Crippen molar-refractivity contribution in [1.82, 2.24) is 0 Å². The number of ether oxygens (including phenoxy) is 2. The van der Waals surface area contributed by atoms with Gasteiger partial charge in [-0.25, -0.2) is 14.6 Å². The second kappa shape index (κ2) is 10.9. The molecule has 0 aliphatic heterocycles. The Morgan fingerprint density at radius 3 is 1.33 bits per heavy atom. The standard InChI is InChI=1S/C17H34O7/c1-9-13(21-23-16(5,6)11-3)19-15(18)20-14(10-2)22-24-17(7,8)12-4/h13-14H,9-12H2,1-8H3. The molecule has 0 N–H and O–H groups in total. The van der Waals surface area contributed by atoms with E-state index in [2.05, 4.69) is 0 Å². The van der Waals surface area contributed by atoms with Gasteiger partial charge in [-0.2, -0.15) is 9.78 Å². The first-order valence-corrected chi connectivity index (χ1v) is 8.65. The average molecular weight is 350 g/mol. The molecule has 24 heavy (non-hydrogen) atoms. The number of hydrogen-bond acceptors (Lipinski definition) is 7. The molecule has 2 unspecified atom stereocenters. The van der Waals surface area contributed by atoms with Gasteiger partial charge < -0.3 is 9.47 Å². The first-order valence-electron chi connectivity index (χ1n) is 8.65. The molecule has 0 aromatic rings. The van der Waals surface area contributed by atoms with Crippen LogP contribution < -0.4 is 0 Å². The van der Waals surface area contributed by atoms with E-state index in [0.717, 1.165) is 12.8 Å². The highest BCUT2D eigenvalue weighted by atomic mass is 17.2. The molecule has 144 valence electrons. The first kappa shape index (κ1) is 23.1. The van der Waals surface area contributed by atoms with Crippen molar-refractivity contribution in [3.63, 3.8) is 0 Å². The van der Waals surface area contributed by atoms with E-state index in [1.807, 2.05) is 41.5 Å². The Morgan fingerprint density at radius 2 is 1.08 bits per heavy atom. The molecule has 0 aliphatic rings. The third-order valence-corrected chi connectivity index (χ3v) is 3.59. The number of carbonyl (C=O) groups is 1. The summed E-state index contributed by atoms with van der Waals surface area (Å²) in [6, 6.07) is 0. The summed E-state index contributed by atoms with van der Waals surface area (Å²) in [5.41, 5.74) is -0.926. The Morgan fingerprint density at radius 1 is 0.750 bits per heavy atom. The van der Waals surface area contributed by atoms with Crippen molar-refractivity contribution in [2.24, 2.45) is 0 Å². The zero-order valence-corrected chi connectivity index (χ0v) is 16.3. The summed E-state index contributed by atoms with van der Waals surface area (Å²) in [6.45, 7) is 15.1. The molecule has 0 rings (SSSR count). The summed E-state index contributed by atoms with van der Waals surface area (Å²) in [7, 11) is 0. The van der Waals surface area contributed by atoms with Gasteiger partial charge in [-0.15, -0.1) is 0 Å². The largest absolute Gasteiger partial charge is 0.513 e. The minimum absolute atomic E-state index is 0.423. The smallest absolute Gasteiger partial charge is 0.401 e. The fraction of sp³-hybridized carbons (Fsp3) is 0.941. The maximum Gasteiger partial charge on any atom is 0.513 e. The Kier molecular flexibility index (Phi) is 10.5. The van der Waals surface area contributed by atoms with E-state index in [-0.39, 0.29) is 0 Å². The number of rotatable bonds is 12. The molecule has 7 heteroatoms. The van der Waals surface area contributed by atoms with Crippen LogP contribution in [0.15, 0.2) is 0 Å². The van der Waals surface area contributed by atoms with Crippen molar-refractivity contribution in [1.29, 1.82) is 0 Å². The quantitative estimate of drug-likeness (QED) is 0.215. The maximum atomic E-state index is 11.9. The maximum absolute atomic E-state index is 11.9. The van der Waals surface area contributed by atoms with Crippen LogP contribution in [-0.2, 0) is 29.0 Å². The van der Waals surface area contributed by atoms with Crippen LogP contribution in [-0.4, -0.2) is 29.9 Å². The van der Waals surface area contributed by atoms with Crippen molar-refractivity contribution in [3.05, 3.63) is 0 Å². The van der Waals surface area contributed by atoms with Gasteiger partial charge in [0.1, 0.15) is 0 Å². The summed E-state index contributed by atoms with van der Waals surface area (Å²) >= 11 is 0. The van der Waals surface area contributed by atoms with Gasteiger partial charge in [0.15, 0.2) is 0 Å². The molecule has 0 fully saturated rings. The molecule has 0 aromatic heterocycles. The molecule has 0 aliphatic carbocycles. The summed E-state index contributed by atoms with van der Waals surface area (Å²) in [4.78, 5) is 32.8. The lowest BCUT2D eigenvalue weighted by Gasteiger charge is -2.26. The first-order chi connectivity index (χ1) is 11.1. The van der Waals surface area contributed by atoms with E-state index >= 15 is 0 Å². The van der Waals surface area contributed by atoms with Gasteiger partial charge in [-0.3, -0.25) is 0 Å². The van der Waals surface area contributed by atoms with E-state index in [0.29, 0.717) is 12.8 Å². The lowest BCUT2D eigenvalue weighted by Crippen LogP contribution is -2.32. The molecule has 0 amide bonds. The van der Waals surface area contributed by atoms with Crippen molar-refractivity contribution in [3.8, 4) is 0 Å². The van der Waals surface area contributed by atoms with Gasteiger partial charge in [-0.05, 0) is 40.5 Å². The Hall–Kier alpha value is -0.890. The highest BCUT2D eigenvalue weighted by Gasteiger charge is 2.25. The Balaban J connectivity index is 4.35. The molecule has 0 saturated heterocycles. The van der Waals surface area contributed by atoms with Gasteiger partial charge in [0.25, 0.3) is 0 Å². The second-order valence-corrected chi connectivity index (χ2v) is 6.75. The van der Waals surface area contributed by atoms with Crippen molar-refractivity contribution < 1.29 is 33.8 Å². The highest BCUT2D eigenvalue weighted by Crippen LogP contribution is 2.18. The van der Waals surface area contributed by atoms with Gasteiger partial charge in [0.05, 0.1) is 11.2 Å². The third kappa shape index (κ3) is 10.1. The SMILES string of the molecule is CCC(OOC(C)(C)CC)OC(=O)OC(CC)OOC(C)(C)CC. The molecule has 7 nitrogen and oxygen atoms in total. The van der Waals surface area contributed by atoms with E-state index in [1.165, 1.54) is 0 Å². The van der Waals surface area contributed by atoms with Crippen LogP contribution in [0.1, 0.15) is 81.1 Å². The van der Waals surface area contributed by atoms with Crippen molar-refractivity contribution in [2.75, 3.05) is 0 Å². The summed E-state index contributed by atoms with van der Waals surface area (Å²) in [5.74, 6) is 0. The molecule has 0 aromatic carbocycles. The van der Waals surface area contributed by atoms with E-state index in [4.69, 9.17) is 29.0 Å². The minimum Gasteiger partial charge on any atom is -0.401 e. The van der Waals surface area contributed by atoms with E-state index < -0.39 is 29.9 Å². The normalized spacial score (nSPS) is 15.0. The monoisotopic (exact) mass is 350 g/mol. The topological polar surface area (TPSA) is 72.5 Å². The lowest BCUT2D eigenvalue weighted by atomic mass is 10.1. The molecule has 0 spiro atoms. The summed E-state index contributed by atoms with van der Waals surface area (Å²) in [6.07, 6.45) is -0.251. The molecule has 0 bridgehead atoms.